The van der Waals surface area contributed by atoms with Crippen molar-refractivity contribution in [2.75, 3.05) is 24.7 Å². The predicted octanol–water partition coefficient (Wildman–Crippen LogP) is 2.27. The van der Waals surface area contributed by atoms with Crippen molar-refractivity contribution in [2.45, 2.75) is 44.4 Å². The molecule has 0 aromatic carbocycles. The van der Waals surface area contributed by atoms with Crippen LogP contribution in [0, 0.1) is 6.92 Å². The molecule has 0 saturated heterocycles. The molecule has 6 heteroatoms. The molecule has 0 unspecified atom stereocenters. The van der Waals surface area contributed by atoms with Crippen LogP contribution < -0.4 is 5.32 Å². The van der Waals surface area contributed by atoms with Crippen molar-refractivity contribution in [2.24, 2.45) is 7.05 Å². The molecule has 1 aliphatic rings. The van der Waals surface area contributed by atoms with E-state index in [-0.39, 0.29) is 5.91 Å². The maximum absolute atomic E-state index is 12.1. The van der Waals surface area contributed by atoms with Crippen LogP contribution in [0.1, 0.15) is 31.9 Å². The van der Waals surface area contributed by atoms with Crippen LogP contribution in [0.2, 0.25) is 0 Å². The minimum Gasteiger partial charge on any atom is -0.310 e. The van der Waals surface area contributed by atoms with Gasteiger partial charge in [-0.2, -0.15) is 16.9 Å². The van der Waals surface area contributed by atoms with Gasteiger partial charge in [0.05, 0.1) is 12.2 Å². The van der Waals surface area contributed by atoms with Crippen LogP contribution in [0.15, 0.2) is 6.07 Å². The third-order valence-electron chi connectivity index (χ3n) is 4.05. The molecule has 0 spiro atoms. The third kappa shape index (κ3) is 4.48. The zero-order valence-corrected chi connectivity index (χ0v) is 14.2. The van der Waals surface area contributed by atoms with E-state index >= 15 is 0 Å². The molecule has 1 aliphatic carbocycles. The maximum Gasteiger partial charge on any atom is 0.239 e. The van der Waals surface area contributed by atoms with Gasteiger partial charge in [-0.05, 0) is 39.0 Å². The summed E-state index contributed by atoms with van der Waals surface area (Å²) in [5.41, 5.74) is 0.913. The van der Waals surface area contributed by atoms with Crippen LogP contribution in [0.4, 0.5) is 5.82 Å². The predicted molar refractivity (Wildman–Crippen MR) is 88.8 cm³/mol. The molecule has 1 fully saturated rings. The number of hydrogen-bond acceptors (Lipinski definition) is 4. The molecule has 1 amide bonds. The molecular formula is C15H26N4OS. The summed E-state index contributed by atoms with van der Waals surface area (Å²) in [6.45, 7) is 4.58. The van der Waals surface area contributed by atoms with Crippen molar-refractivity contribution in [3.63, 3.8) is 0 Å². The normalized spacial score (nSPS) is 22.0. The number of likely N-dealkylation sites (N-methyl/N-ethyl adjacent to an activating group) is 1. The summed E-state index contributed by atoms with van der Waals surface area (Å²) in [7, 11) is 3.90. The van der Waals surface area contributed by atoms with Crippen molar-refractivity contribution >= 4 is 23.5 Å². The van der Waals surface area contributed by atoms with Crippen molar-refractivity contribution in [3.05, 3.63) is 11.8 Å². The summed E-state index contributed by atoms with van der Waals surface area (Å²) in [5.74, 6) is 1.98. The lowest BCUT2D eigenvalue weighted by Crippen LogP contribution is -2.37. The summed E-state index contributed by atoms with van der Waals surface area (Å²) in [6, 6.07) is 2.43. The van der Waals surface area contributed by atoms with E-state index in [2.05, 4.69) is 29.3 Å². The van der Waals surface area contributed by atoms with E-state index in [0.717, 1.165) is 16.8 Å². The van der Waals surface area contributed by atoms with E-state index < -0.39 is 0 Å². The smallest absolute Gasteiger partial charge is 0.239 e. The molecule has 2 atom stereocenters. The van der Waals surface area contributed by atoms with E-state index in [0.29, 0.717) is 12.6 Å². The summed E-state index contributed by atoms with van der Waals surface area (Å²) >= 11 is 2.05. The Bertz CT molecular complexity index is 488. The molecular weight excluding hydrogens is 284 g/mol. The highest BCUT2D eigenvalue weighted by molar-refractivity contribution is 7.99. The number of nitrogens with one attached hydrogen (secondary N) is 1. The molecule has 1 heterocycles. The van der Waals surface area contributed by atoms with Gasteiger partial charge >= 0.3 is 0 Å². The highest BCUT2D eigenvalue weighted by Crippen LogP contribution is 2.32. The first-order chi connectivity index (χ1) is 9.99. The molecule has 1 saturated carbocycles. The molecule has 5 nitrogen and oxygen atoms in total. The van der Waals surface area contributed by atoms with Crippen LogP contribution in [0.5, 0.6) is 0 Å². The third-order valence-corrected chi connectivity index (χ3v) is 5.28. The molecule has 21 heavy (non-hydrogen) atoms. The molecule has 0 aliphatic heterocycles. The average molecular weight is 310 g/mol. The SMILES string of the molecule is CCS[C@@H]1CC[C@H](N(C)CC(=O)Nc2cc(C)nn2C)C1. The topological polar surface area (TPSA) is 50.2 Å². The van der Waals surface area contributed by atoms with Gasteiger partial charge in [-0.3, -0.25) is 14.4 Å². The van der Waals surface area contributed by atoms with Gasteiger partial charge in [0.1, 0.15) is 5.82 Å². The maximum atomic E-state index is 12.1. The van der Waals surface area contributed by atoms with Crippen molar-refractivity contribution in [1.82, 2.24) is 14.7 Å². The van der Waals surface area contributed by atoms with Crippen LogP contribution in [-0.2, 0) is 11.8 Å². The number of rotatable bonds is 6. The Hall–Kier alpha value is -1.01. The van der Waals surface area contributed by atoms with Crippen molar-refractivity contribution in [1.29, 1.82) is 0 Å². The van der Waals surface area contributed by atoms with E-state index in [1.165, 1.54) is 25.0 Å². The summed E-state index contributed by atoms with van der Waals surface area (Å²) in [5, 5.41) is 7.94. The largest absolute Gasteiger partial charge is 0.310 e. The zero-order valence-electron chi connectivity index (χ0n) is 13.4. The first-order valence-corrected chi connectivity index (χ1v) is 8.66. The lowest BCUT2D eigenvalue weighted by Gasteiger charge is -2.23. The Balaban J connectivity index is 1.81. The van der Waals surface area contributed by atoms with Crippen molar-refractivity contribution < 1.29 is 4.79 Å². The number of amides is 1. The Morgan fingerprint density at radius 1 is 1.57 bits per heavy atom. The summed E-state index contributed by atoms with van der Waals surface area (Å²) in [6.07, 6.45) is 3.68. The Morgan fingerprint density at radius 3 is 2.95 bits per heavy atom. The lowest BCUT2D eigenvalue weighted by molar-refractivity contribution is -0.117. The van der Waals surface area contributed by atoms with Gasteiger partial charge in [0.2, 0.25) is 5.91 Å². The van der Waals surface area contributed by atoms with E-state index in [9.17, 15) is 4.79 Å². The lowest BCUT2D eigenvalue weighted by atomic mass is 10.2. The fraction of sp³-hybridized carbons (Fsp3) is 0.733. The number of carbonyl (C=O) groups is 1. The number of aryl methyl sites for hydroxylation is 2. The van der Waals surface area contributed by atoms with E-state index in [1.54, 1.807) is 4.68 Å². The highest BCUT2D eigenvalue weighted by Gasteiger charge is 2.28. The standard InChI is InChI=1S/C15H26N4OS/c1-5-21-13-7-6-12(9-13)18(3)10-15(20)16-14-8-11(2)17-19(14)4/h8,12-13H,5-7,9-10H2,1-4H3,(H,16,20)/t12-,13+/m0/s1. The zero-order chi connectivity index (χ0) is 15.4. The second-order valence-electron chi connectivity index (χ2n) is 5.80. The molecule has 1 N–H and O–H groups in total. The monoisotopic (exact) mass is 310 g/mol. The van der Waals surface area contributed by atoms with Crippen LogP contribution in [0.3, 0.4) is 0 Å². The van der Waals surface area contributed by atoms with Gasteiger partial charge in [0.15, 0.2) is 0 Å². The number of nitrogens with zero attached hydrogens (tertiary/aromatic N) is 3. The molecule has 118 valence electrons. The Labute approximate surface area is 131 Å². The van der Waals surface area contributed by atoms with Crippen molar-refractivity contribution in [3.8, 4) is 0 Å². The van der Waals surface area contributed by atoms with Crippen LogP contribution in [-0.4, -0.2) is 51.2 Å². The number of carbonyl (C=O) groups excluding carboxylic acids is 1. The molecule has 1 aromatic heterocycles. The van der Waals surface area contributed by atoms with Gasteiger partial charge in [-0.25, -0.2) is 0 Å². The fourth-order valence-electron chi connectivity index (χ4n) is 2.97. The first-order valence-electron chi connectivity index (χ1n) is 7.62. The summed E-state index contributed by atoms with van der Waals surface area (Å²) in [4.78, 5) is 14.3. The second-order valence-corrected chi connectivity index (χ2v) is 7.38. The molecule has 0 radical (unpaired) electrons. The highest BCUT2D eigenvalue weighted by atomic mass is 32.2. The number of aromatic nitrogens is 2. The minimum absolute atomic E-state index is 0.0343. The number of hydrogen-bond donors (Lipinski definition) is 1. The first kappa shape index (κ1) is 16.4. The number of anilines is 1. The van der Waals surface area contributed by atoms with Gasteiger partial charge in [0, 0.05) is 24.4 Å². The van der Waals surface area contributed by atoms with E-state index in [1.807, 2.05) is 31.8 Å². The Morgan fingerprint density at radius 2 is 2.33 bits per heavy atom. The minimum atomic E-state index is 0.0343. The van der Waals surface area contributed by atoms with Crippen LogP contribution in [0.25, 0.3) is 0 Å². The summed E-state index contributed by atoms with van der Waals surface area (Å²) < 4.78 is 1.71. The van der Waals surface area contributed by atoms with Gasteiger partial charge in [-0.1, -0.05) is 6.92 Å². The van der Waals surface area contributed by atoms with Gasteiger partial charge in [0.25, 0.3) is 0 Å². The fourth-order valence-corrected chi connectivity index (χ4v) is 4.10. The van der Waals surface area contributed by atoms with Gasteiger partial charge in [-0.15, -0.1) is 0 Å². The van der Waals surface area contributed by atoms with E-state index in [4.69, 9.17) is 0 Å². The van der Waals surface area contributed by atoms with Gasteiger partial charge < -0.3 is 5.32 Å². The number of thioether (sulfide) groups is 1. The molecule has 0 bridgehead atoms. The average Bonchev–Trinajstić information content (AvgIpc) is 2.97. The molecule has 2 rings (SSSR count). The molecule has 1 aromatic rings. The Kier molecular flexibility index (Phi) is 5.70. The van der Waals surface area contributed by atoms with Crippen LogP contribution >= 0.6 is 11.8 Å². The quantitative estimate of drug-likeness (QED) is 0.876. The second kappa shape index (κ2) is 7.31.